The number of benzene rings is 1. The standard InChI is InChI=1S/C25H35BrN4O5S/c1-15(2)30-23-7-5-6-22(26)20(23)12-21(25(30)33)24(32)27-16-10-17-8-9-18(11-16)29(17)14-19(31)13-28(3)36(4,34)35/h5-7,12,15-19,31H,8-11,13-14H2,1-4H3,(H,27,32)/t17-,18-,19-/m0/s1. The number of aliphatic hydroxyl groups excluding tert-OH is 1. The van der Waals surface area contributed by atoms with E-state index in [1.54, 1.807) is 10.6 Å². The zero-order valence-electron chi connectivity index (χ0n) is 21.1. The van der Waals surface area contributed by atoms with Crippen LogP contribution in [0.1, 0.15) is 55.9 Å². The Labute approximate surface area is 220 Å². The molecule has 198 valence electrons. The van der Waals surface area contributed by atoms with Gasteiger partial charge in [-0.05, 0) is 57.7 Å². The predicted molar refractivity (Wildman–Crippen MR) is 144 cm³/mol. The number of nitrogens with one attached hydrogen (secondary N) is 1. The average Bonchev–Trinajstić information content (AvgIpc) is 2.99. The van der Waals surface area contributed by atoms with E-state index in [0.29, 0.717) is 6.54 Å². The number of carbonyl (C=O) groups is 1. The molecule has 3 atom stereocenters. The molecule has 3 heterocycles. The number of amides is 1. The van der Waals surface area contributed by atoms with Gasteiger partial charge in [-0.25, -0.2) is 12.7 Å². The highest BCUT2D eigenvalue weighted by Crippen LogP contribution is 2.36. The smallest absolute Gasteiger partial charge is 0.264 e. The van der Waals surface area contributed by atoms with Crippen LogP contribution in [0.2, 0.25) is 0 Å². The van der Waals surface area contributed by atoms with Gasteiger partial charge in [-0.15, -0.1) is 0 Å². The first-order valence-electron chi connectivity index (χ1n) is 12.4. The van der Waals surface area contributed by atoms with Gasteiger partial charge in [0.2, 0.25) is 10.0 Å². The summed E-state index contributed by atoms with van der Waals surface area (Å²) in [6.45, 7) is 4.31. The van der Waals surface area contributed by atoms with Crippen molar-refractivity contribution in [3.63, 3.8) is 0 Å². The van der Waals surface area contributed by atoms with E-state index in [4.69, 9.17) is 0 Å². The molecule has 2 bridgehead atoms. The van der Waals surface area contributed by atoms with Crippen LogP contribution in [0.15, 0.2) is 33.5 Å². The van der Waals surface area contributed by atoms with Crippen molar-refractivity contribution in [1.29, 1.82) is 0 Å². The number of hydrogen-bond acceptors (Lipinski definition) is 6. The van der Waals surface area contributed by atoms with Gasteiger partial charge in [-0.1, -0.05) is 22.0 Å². The number of halogens is 1. The van der Waals surface area contributed by atoms with Crippen LogP contribution < -0.4 is 10.9 Å². The van der Waals surface area contributed by atoms with E-state index in [2.05, 4.69) is 26.1 Å². The monoisotopic (exact) mass is 582 g/mol. The molecule has 2 aliphatic rings. The second kappa shape index (κ2) is 10.5. The highest BCUT2D eigenvalue weighted by molar-refractivity contribution is 9.10. The van der Waals surface area contributed by atoms with E-state index in [-0.39, 0.29) is 47.7 Å². The van der Waals surface area contributed by atoms with Crippen LogP contribution in [0.3, 0.4) is 0 Å². The van der Waals surface area contributed by atoms with Crippen LogP contribution in [0, 0.1) is 0 Å². The maximum atomic E-state index is 13.3. The van der Waals surface area contributed by atoms with Crippen molar-refractivity contribution in [2.45, 2.75) is 69.8 Å². The fraction of sp³-hybridized carbons (Fsp3) is 0.600. The van der Waals surface area contributed by atoms with Crippen molar-refractivity contribution < 1.29 is 18.3 Å². The van der Waals surface area contributed by atoms with Crippen molar-refractivity contribution in [3.05, 3.63) is 44.7 Å². The number of sulfonamides is 1. The summed E-state index contributed by atoms with van der Waals surface area (Å²) in [7, 11) is -1.88. The highest BCUT2D eigenvalue weighted by Gasteiger charge is 2.42. The molecule has 2 aliphatic heterocycles. The van der Waals surface area contributed by atoms with Crippen LogP contribution in [-0.4, -0.2) is 83.8 Å². The van der Waals surface area contributed by atoms with E-state index in [0.717, 1.165) is 47.3 Å². The van der Waals surface area contributed by atoms with E-state index in [9.17, 15) is 23.1 Å². The van der Waals surface area contributed by atoms with Crippen molar-refractivity contribution in [2.75, 3.05) is 26.4 Å². The number of piperidine rings is 1. The minimum absolute atomic E-state index is 0.0502. The van der Waals surface area contributed by atoms with Crippen molar-refractivity contribution >= 4 is 42.8 Å². The topological polar surface area (TPSA) is 112 Å². The molecule has 2 aromatic rings. The van der Waals surface area contributed by atoms with Crippen molar-refractivity contribution in [3.8, 4) is 0 Å². The number of aliphatic hydroxyl groups is 1. The minimum atomic E-state index is -3.35. The molecule has 11 heteroatoms. The molecule has 2 fully saturated rings. The molecule has 9 nitrogen and oxygen atoms in total. The maximum absolute atomic E-state index is 13.3. The molecule has 0 radical (unpaired) electrons. The van der Waals surface area contributed by atoms with Crippen LogP contribution in [0.25, 0.3) is 10.9 Å². The molecule has 1 aromatic heterocycles. The molecule has 0 aliphatic carbocycles. The summed E-state index contributed by atoms with van der Waals surface area (Å²) in [6.07, 6.45) is 3.73. The van der Waals surface area contributed by atoms with Gasteiger partial charge in [0.25, 0.3) is 11.5 Å². The van der Waals surface area contributed by atoms with Crippen LogP contribution >= 0.6 is 15.9 Å². The summed E-state index contributed by atoms with van der Waals surface area (Å²) in [5, 5.41) is 14.4. The molecule has 2 N–H and O–H groups in total. The summed E-state index contributed by atoms with van der Waals surface area (Å²) in [5.41, 5.74) is 0.621. The average molecular weight is 584 g/mol. The van der Waals surface area contributed by atoms with Gasteiger partial charge in [-0.2, -0.15) is 0 Å². The third-order valence-electron chi connectivity index (χ3n) is 7.46. The Bertz CT molecular complexity index is 1300. The number of rotatable bonds is 8. The van der Waals surface area contributed by atoms with E-state index in [1.165, 1.54) is 11.4 Å². The number of aromatic nitrogens is 1. The number of pyridine rings is 1. The molecule has 0 spiro atoms. The lowest BCUT2D eigenvalue weighted by atomic mass is 9.96. The molecule has 4 rings (SSSR count). The van der Waals surface area contributed by atoms with Gasteiger partial charge in [0.15, 0.2) is 0 Å². The van der Waals surface area contributed by atoms with Crippen LogP contribution in [0.5, 0.6) is 0 Å². The molecule has 0 saturated carbocycles. The third kappa shape index (κ3) is 5.55. The largest absolute Gasteiger partial charge is 0.390 e. The summed E-state index contributed by atoms with van der Waals surface area (Å²) >= 11 is 3.55. The normalized spacial score (nSPS) is 23.5. The molecule has 1 amide bonds. The fourth-order valence-electron chi connectivity index (χ4n) is 5.69. The van der Waals surface area contributed by atoms with E-state index >= 15 is 0 Å². The quantitative estimate of drug-likeness (QED) is 0.494. The Balaban J connectivity index is 1.47. The summed E-state index contributed by atoms with van der Waals surface area (Å²) < 4.78 is 27.0. The van der Waals surface area contributed by atoms with E-state index < -0.39 is 16.1 Å². The Kier molecular flexibility index (Phi) is 7.97. The Hall–Kier alpha value is -1.79. The SMILES string of the molecule is CC(C)n1c(=O)c(C(=O)NC2C[C@@H]3CC[C@@H](C2)N3C[C@@H](O)CN(C)S(C)(=O)=O)cc2c(Br)cccc21. The van der Waals surface area contributed by atoms with Crippen molar-refractivity contribution in [2.24, 2.45) is 0 Å². The first-order chi connectivity index (χ1) is 16.9. The Morgan fingerprint density at radius 2 is 1.89 bits per heavy atom. The molecular formula is C25H35BrN4O5S. The first kappa shape index (κ1) is 27.3. The van der Waals surface area contributed by atoms with Crippen LogP contribution in [0.4, 0.5) is 0 Å². The van der Waals surface area contributed by atoms with Gasteiger partial charge in [0.1, 0.15) is 5.56 Å². The van der Waals surface area contributed by atoms with Gasteiger partial charge < -0.3 is 15.0 Å². The first-order valence-corrected chi connectivity index (χ1v) is 15.0. The number of hydrogen-bond donors (Lipinski definition) is 2. The molecule has 0 unspecified atom stereocenters. The zero-order valence-corrected chi connectivity index (χ0v) is 23.5. The van der Waals surface area contributed by atoms with Gasteiger partial charge in [0.05, 0.1) is 17.9 Å². The van der Waals surface area contributed by atoms with Crippen molar-refractivity contribution in [1.82, 2.24) is 19.1 Å². The van der Waals surface area contributed by atoms with Crippen LogP contribution in [-0.2, 0) is 10.0 Å². The zero-order chi connectivity index (χ0) is 26.4. The number of carbonyl (C=O) groups excluding carboxylic acids is 1. The second-order valence-electron chi connectivity index (χ2n) is 10.4. The molecule has 1 aromatic carbocycles. The number of nitrogens with zero attached hydrogens (tertiary/aromatic N) is 3. The summed E-state index contributed by atoms with van der Waals surface area (Å²) in [5.74, 6) is -0.361. The van der Waals surface area contributed by atoms with Gasteiger partial charge in [0, 0.05) is 54.2 Å². The number of fused-ring (bicyclic) bond motifs is 3. The highest BCUT2D eigenvalue weighted by atomic mass is 79.9. The molecular weight excluding hydrogens is 548 g/mol. The molecule has 2 saturated heterocycles. The van der Waals surface area contributed by atoms with Gasteiger partial charge in [-0.3, -0.25) is 14.5 Å². The maximum Gasteiger partial charge on any atom is 0.264 e. The lowest BCUT2D eigenvalue weighted by molar-refractivity contribution is 0.0448. The summed E-state index contributed by atoms with van der Waals surface area (Å²) in [4.78, 5) is 28.9. The van der Waals surface area contributed by atoms with Gasteiger partial charge >= 0.3 is 0 Å². The lowest BCUT2D eigenvalue weighted by Crippen LogP contribution is -2.53. The minimum Gasteiger partial charge on any atom is -0.390 e. The predicted octanol–water partition coefficient (Wildman–Crippen LogP) is 2.32. The Morgan fingerprint density at radius 3 is 2.47 bits per heavy atom. The third-order valence-corrected chi connectivity index (χ3v) is 9.44. The summed E-state index contributed by atoms with van der Waals surface area (Å²) in [6, 6.07) is 7.57. The molecule has 36 heavy (non-hydrogen) atoms. The Morgan fingerprint density at radius 1 is 1.25 bits per heavy atom. The number of likely N-dealkylation sites (N-methyl/N-ethyl adjacent to an activating group) is 1. The van der Waals surface area contributed by atoms with E-state index in [1.807, 2.05) is 32.0 Å². The fourth-order valence-corrected chi connectivity index (χ4v) is 6.60. The second-order valence-corrected chi connectivity index (χ2v) is 13.4. The lowest BCUT2D eigenvalue weighted by Gasteiger charge is -2.40.